The van der Waals surface area contributed by atoms with Gasteiger partial charge in [-0.25, -0.2) is 4.39 Å². The molecular formula is C16H19FN2O2. The van der Waals surface area contributed by atoms with Gasteiger partial charge in [0.2, 0.25) is 0 Å². The fourth-order valence-electron chi connectivity index (χ4n) is 2.11. The molecule has 0 aliphatic heterocycles. The molecule has 2 aromatic rings. The van der Waals surface area contributed by atoms with Gasteiger partial charge in [0.05, 0.1) is 0 Å². The maximum atomic E-state index is 12.7. The van der Waals surface area contributed by atoms with Crippen LogP contribution in [0, 0.1) is 19.7 Å². The molecule has 1 amide bonds. The Kier molecular flexibility index (Phi) is 4.98. The number of hydrogen-bond acceptors (Lipinski definition) is 2. The quantitative estimate of drug-likeness (QED) is 0.859. The fourth-order valence-corrected chi connectivity index (χ4v) is 2.11. The van der Waals surface area contributed by atoms with Crippen LogP contribution in [0.15, 0.2) is 30.3 Å². The van der Waals surface area contributed by atoms with Crippen LogP contribution in [-0.2, 0) is 11.2 Å². The molecule has 0 radical (unpaired) electrons. The van der Waals surface area contributed by atoms with E-state index < -0.39 is 0 Å². The number of carbonyl (C=O) groups excluding carboxylic acids is 1. The van der Waals surface area contributed by atoms with E-state index in [0.29, 0.717) is 12.3 Å². The van der Waals surface area contributed by atoms with Gasteiger partial charge >= 0.3 is 0 Å². The van der Waals surface area contributed by atoms with Gasteiger partial charge in [-0.3, -0.25) is 4.79 Å². The van der Waals surface area contributed by atoms with E-state index in [1.54, 1.807) is 0 Å². The summed E-state index contributed by atoms with van der Waals surface area (Å²) in [6.07, 6.45) is 0.776. The number of carbonyl (C=O) groups is 1. The predicted octanol–water partition coefficient (Wildman–Crippen LogP) is 2.51. The molecule has 5 heteroatoms. The van der Waals surface area contributed by atoms with Crippen molar-refractivity contribution in [3.63, 3.8) is 0 Å². The second kappa shape index (κ2) is 6.92. The maximum absolute atomic E-state index is 12.7. The van der Waals surface area contributed by atoms with E-state index in [1.807, 2.05) is 13.8 Å². The van der Waals surface area contributed by atoms with Crippen LogP contribution in [0.3, 0.4) is 0 Å². The number of rotatable bonds is 6. The molecule has 0 aliphatic carbocycles. The van der Waals surface area contributed by atoms with E-state index in [-0.39, 0.29) is 18.3 Å². The van der Waals surface area contributed by atoms with Crippen molar-refractivity contribution in [2.75, 3.05) is 13.2 Å². The summed E-state index contributed by atoms with van der Waals surface area (Å²) < 4.78 is 18.0. The first-order chi connectivity index (χ1) is 10.0. The average molecular weight is 290 g/mol. The summed E-state index contributed by atoms with van der Waals surface area (Å²) in [5.74, 6) is -0.0446. The van der Waals surface area contributed by atoms with Crippen LogP contribution in [-0.4, -0.2) is 24.0 Å². The molecule has 21 heavy (non-hydrogen) atoms. The standard InChI is InChI=1S/C16H19FN2O2/c1-11-9-13(12(2)19-11)7-8-18-16(20)10-21-15-5-3-14(17)4-6-15/h3-6,9,19H,7-8,10H2,1-2H3,(H,18,20). The van der Waals surface area contributed by atoms with Gasteiger partial charge in [-0.15, -0.1) is 0 Å². The van der Waals surface area contributed by atoms with Crippen molar-refractivity contribution < 1.29 is 13.9 Å². The highest BCUT2D eigenvalue weighted by Gasteiger charge is 2.05. The first-order valence-corrected chi connectivity index (χ1v) is 6.85. The Morgan fingerprint density at radius 2 is 2.00 bits per heavy atom. The Hall–Kier alpha value is -2.30. The third-order valence-electron chi connectivity index (χ3n) is 3.16. The number of amides is 1. The smallest absolute Gasteiger partial charge is 0.257 e. The fraction of sp³-hybridized carbons (Fsp3) is 0.312. The summed E-state index contributed by atoms with van der Waals surface area (Å²) in [5.41, 5.74) is 3.45. The zero-order chi connectivity index (χ0) is 15.2. The van der Waals surface area contributed by atoms with Gasteiger partial charge in [0.1, 0.15) is 11.6 Å². The van der Waals surface area contributed by atoms with Gasteiger partial charge in [0.25, 0.3) is 5.91 Å². The zero-order valence-corrected chi connectivity index (χ0v) is 12.2. The number of aromatic nitrogens is 1. The largest absolute Gasteiger partial charge is 0.484 e. The highest BCUT2D eigenvalue weighted by atomic mass is 19.1. The lowest BCUT2D eigenvalue weighted by Crippen LogP contribution is -2.30. The van der Waals surface area contributed by atoms with Crippen molar-refractivity contribution in [1.82, 2.24) is 10.3 Å². The Morgan fingerprint density at radius 3 is 2.62 bits per heavy atom. The van der Waals surface area contributed by atoms with Crippen LogP contribution in [0.1, 0.15) is 17.0 Å². The summed E-state index contributed by atoms with van der Waals surface area (Å²) in [6.45, 7) is 4.51. The molecule has 0 spiro atoms. The number of halogens is 1. The molecule has 1 aromatic heterocycles. The number of ether oxygens (including phenoxy) is 1. The second-order valence-corrected chi connectivity index (χ2v) is 4.95. The van der Waals surface area contributed by atoms with Crippen LogP contribution in [0.5, 0.6) is 5.75 Å². The van der Waals surface area contributed by atoms with Gasteiger partial charge in [-0.1, -0.05) is 0 Å². The number of nitrogens with one attached hydrogen (secondary N) is 2. The van der Waals surface area contributed by atoms with Gasteiger partial charge in [-0.05, 0) is 56.2 Å². The lowest BCUT2D eigenvalue weighted by atomic mass is 10.2. The number of aryl methyl sites for hydroxylation is 2. The van der Waals surface area contributed by atoms with Crippen molar-refractivity contribution in [2.45, 2.75) is 20.3 Å². The van der Waals surface area contributed by atoms with Crippen LogP contribution in [0.4, 0.5) is 4.39 Å². The topological polar surface area (TPSA) is 54.1 Å². The molecule has 0 saturated carbocycles. The minimum atomic E-state index is -0.330. The van der Waals surface area contributed by atoms with Gasteiger partial charge in [0, 0.05) is 17.9 Å². The maximum Gasteiger partial charge on any atom is 0.257 e. The number of benzene rings is 1. The monoisotopic (exact) mass is 290 g/mol. The van der Waals surface area contributed by atoms with E-state index in [2.05, 4.69) is 16.4 Å². The SMILES string of the molecule is Cc1cc(CCNC(=O)COc2ccc(F)cc2)c(C)[nH]1. The zero-order valence-electron chi connectivity index (χ0n) is 12.2. The Bertz CT molecular complexity index is 605. The lowest BCUT2D eigenvalue weighted by Gasteiger charge is -2.07. The Balaban J connectivity index is 1.70. The highest BCUT2D eigenvalue weighted by Crippen LogP contribution is 2.11. The van der Waals surface area contributed by atoms with Gasteiger partial charge < -0.3 is 15.0 Å². The molecule has 0 fully saturated rings. The molecule has 0 unspecified atom stereocenters. The third kappa shape index (κ3) is 4.63. The van der Waals surface area contributed by atoms with Crippen molar-refractivity contribution in [3.8, 4) is 5.75 Å². The highest BCUT2D eigenvalue weighted by molar-refractivity contribution is 5.77. The molecule has 1 aromatic carbocycles. The predicted molar refractivity (Wildman–Crippen MR) is 78.9 cm³/mol. The van der Waals surface area contributed by atoms with Crippen molar-refractivity contribution in [2.24, 2.45) is 0 Å². The van der Waals surface area contributed by atoms with Crippen molar-refractivity contribution in [3.05, 3.63) is 53.1 Å². The number of H-pyrrole nitrogens is 1. The van der Waals surface area contributed by atoms with E-state index in [4.69, 9.17) is 4.74 Å². The molecule has 1 heterocycles. The van der Waals surface area contributed by atoms with Crippen LogP contribution < -0.4 is 10.1 Å². The number of hydrogen-bond donors (Lipinski definition) is 2. The van der Waals surface area contributed by atoms with Gasteiger partial charge in [-0.2, -0.15) is 0 Å². The molecule has 0 atom stereocenters. The van der Waals surface area contributed by atoms with Crippen LogP contribution >= 0.6 is 0 Å². The van der Waals surface area contributed by atoms with E-state index in [9.17, 15) is 9.18 Å². The van der Waals surface area contributed by atoms with Gasteiger partial charge in [0.15, 0.2) is 6.61 Å². The average Bonchev–Trinajstić information content (AvgIpc) is 2.76. The molecule has 4 nitrogen and oxygen atoms in total. The molecular weight excluding hydrogens is 271 g/mol. The van der Waals surface area contributed by atoms with Crippen LogP contribution in [0.2, 0.25) is 0 Å². The second-order valence-electron chi connectivity index (χ2n) is 4.95. The first-order valence-electron chi connectivity index (χ1n) is 6.85. The first kappa shape index (κ1) is 15.1. The van der Waals surface area contributed by atoms with E-state index in [1.165, 1.54) is 29.8 Å². The van der Waals surface area contributed by atoms with Crippen molar-refractivity contribution >= 4 is 5.91 Å². The third-order valence-corrected chi connectivity index (χ3v) is 3.16. The molecule has 2 N–H and O–H groups in total. The normalized spacial score (nSPS) is 10.4. The number of aromatic amines is 1. The molecule has 0 bridgehead atoms. The molecule has 0 aliphatic rings. The van der Waals surface area contributed by atoms with E-state index in [0.717, 1.165) is 17.8 Å². The summed E-state index contributed by atoms with van der Waals surface area (Å²) in [6, 6.07) is 7.66. The van der Waals surface area contributed by atoms with Crippen LogP contribution in [0.25, 0.3) is 0 Å². The summed E-state index contributed by atoms with van der Waals surface area (Å²) in [4.78, 5) is 14.9. The minimum Gasteiger partial charge on any atom is -0.484 e. The summed E-state index contributed by atoms with van der Waals surface area (Å²) in [5, 5.41) is 2.80. The Morgan fingerprint density at radius 1 is 1.29 bits per heavy atom. The molecule has 112 valence electrons. The summed E-state index contributed by atoms with van der Waals surface area (Å²) >= 11 is 0. The summed E-state index contributed by atoms with van der Waals surface area (Å²) in [7, 11) is 0. The van der Waals surface area contributed by atoms with E-state index >= 15 is 0 Å². The lowest BCUT2D eigenvalue weighted by molar-refractivity contribution is -0.123. The Labute approximate surface area is 123 Å². The molecule has 2 rings (SSSR count). The molecule has 0 saturated heterocycles. The minimum absolute atomic E-state index is 0.0726. The van der Waals surface area contributed by atoms with Crippen molar-refractivity contribution in [1.29, 1.82) is 0 Å².